The van der Waals surface area contributed by atoms with Crippen molar-refractivity contribution in [1.29, 1.82) is 0 Å². The van der Waals surface area contributed by atoms with Gasteiger partial charge in [-0.15, -0.1) is 11.3 Å². The summed E-state index contributed by atoms with van der Waals surface area (Å²) in [5.74, 6) is -0.194. The smallest absolute Gasteiger partial charge is 0.271 e. The fourth-order valence-electron chi connectivity index (χ4n) is 3.04. The van der Waals surface area contributed by atoms with Gasteiger partial charge in [0.2, 0.25) is 0 Å². The normalized spacial score (nSPS) is 15.7. The second-order valence-electron chi connectivity index (χ2n) is 6.30. The van der Waals surface area contributed by atoms with Gasteiger partial charge in [-0.05, 0) is 29.6 Å². The maximum Gasteiger partial charge on any atom is 0.271 e. The van der Waals surface area contributed by atoms with Crippen molar-refractivity contribution in [3.8, 4) is 11.3 Å². The molecule has 0 spiro atoms. The third-order valence-corrected chi connectivity index (χ3v) is 8.09. The number of nitrogens with one attached hydrogen (secondary N) is 1. The Morgan fingerprint density at radius 3 is 2.46 bits per heavy atom. The van der Waals surface area contributed by atoms with E-state index in [1.54, 1.807) is 40.6 Å². The van der Waals surface area contributed by atoms with Gasteiger partial charge in [-0.3, -0.25) is 9.89 Å². The molecule has 7 nitrogen and oxygen atoms in total. The molecule has 1 fully saturated rings. The molecule has 1 saturated heterocycles. The van der Waals surface area contributed by atoms with E-state index in [2.05, 4.69) is 10.2 Å². The second-order valence-corrected chi connectivity index (χ2v) is 9.85. The molecular weight excluding hydrogens is 420 g/mol. The number of aromatic nitrogens is 2. The summed E-state index contributed by atoms with van der Waals surface area (Å²) in [6.45, 7) is 1.20. The number of benzene rings is 1. The lowest BCUT2D eigenvalue weighted by molar-refractivity contribution is 0.0692. The van der Waals surface area contributed by atoms with Crippen molar-refractivity contribution in [1.82, 2.24) is 19.4 Å². The molecule has 0 unspecified atom stereocenters. The fourth-order valence-corrected chi connectivity index (χ4v) is 5.73. The van der Waals surface area contributed by atoms with E-state index in [-0.39, 0.29) is 19.0 Å². The number of carbonyl (C=O) groups excluding carboxylic acids is 1. The van der Waals surface area contributed by atoms with Crippen LogP contribution in [0.25, 0.3) is 11.3 Å². The molecule has 0 atom stereocenters. The van der Waals surface area contributed by atoms with Crippen molar-refractivity contribution in [2.24, 2.45) is 0 Å². The van der Waals surface area contributed by atoms with Crippen LogP contribution in [-0.2, 0) is 10.0 Å². The first-order chi connectivity index (χ1) is 13.4. The van der Waals surface area contributed by atoms with Crippen molar-refractivity contribution >= 4 is 38.9 Å². The van der Waals surface area contributed by atoms with Crippen LogP contribution in [-0.4, -0.2) is 59.9 Å². The van der Waals surface area contributed by atoms with Gasteiger partial charge in [0.25, 0.3) is 15.9 Å². The maximum atomic E-state index is 12.8. The van der Waals surface area contributed by atoms with Crippen molar-refractivity contribution in [3.05, 3.63) is 58.6 Å². The predicted octanol–water partition coefficient (Wildman–Crippen LogP) is 2.94. The van der Waals surface area contributed by atoms with E-state index in [0.29, 0.717) is 33.7 Å². The number of nitrogens with zero attached hydrogens (tertiary/aromatic N) is 3. The van der Waals surface area contributed by atoms with Crippen molar-refractivity contribution in [2.45, 2.75) is 4.21 Å². The van der Waals surface area contributed by atoms with Crippen LogP contribution >= 0.6 is 22.9 Å². The summed E-state index contributed by atoms with van der Waals surface area (Å²) in [5, 5.41) is 9.34. The average molecular weight is 437 g/mol. The highest BCUT2D eigenvalue weighted by molar-refractivity contribution is 7.91. The van der Waals surface area contributed by atoms with E-state index in [0.717, 1.165) is 5.56 Å². The molecule has 28 heavy (non-hydrogen) atoms. The first kappa shape index (κ1) is 19.1. The van der Waals surface area contributed by atoms with Gasteiger partial charge in [-0.25, -0.2) is 8.42 Å². The van der Waals surface area contributed by atoms with Gasteiger partial charge in [0.15, 0.2) is 0 Å². The molecule has 1 aliphatic heterocycles. The largest absolute Gasteiger partial charge is 0.335 e. The molecule has 146 valence electrons. The zero-order valence-corrected chi connectivity index (χ0v) is 17.1. The van der Waals surface area contributed by atoms with Crippen molar-refractivity contribution in [2.75, 3.05) is 26.2 Å². The highest BCUT2D eigenvalue weighted by atomic mass is 35.5. The quantitative estimate of drug-likeness (QED) is 0.681. The Kier molecular flexibility index (Phi) is 5.24. The number of amides is 1. The number of hydrogen-bond donors (Lipinski definition) is 1. The third-order valence-electron chi connectivity index (χ3n) is 4.56. The zero-order valence-electron chi connectivity index (χ0n) is 14.7. The molecule has 10 heteroatoms. The van der Waals surface area contributed by atoms with Gasteiger partial charge in [0, 0.05) is 36.8 Å². The number of aromatic amines is 1. The molecule has 3 heterocycles. The molecular formula is C18H17ClN4O3S2. The molecule has 1 aliphatic rings. The summed E-state index contributed by atoms with van der Waals surface area (Å²) in [4.78, 5) is 14.4. The highest BCUT2D eigenvalue weighted by Crippen LogP contribution is 2.23. The average Bonchev–Trinajstić information content (AvgIpc) is 3.41. The van der Waals surface area contributed by atoms with Crippen LogP contribution in [0.3, 0.4) is 0 Å². The number of piperazine rings is 1. The lowest BCUT2D eigenvalue weighted by Gasteiger charge is -2.33. The fraction of sp³-hybridized carbons (Fsp3) is 0.222. The molecule has 0 bridgehead atoms. The van der Waals surface area contributed by atoms with Crippen LogP contribution in [0.1, 0.15) is 10.5 Å². The summed E-state index contributed by atoms with van der Waals surface area (Å²) in [6.07, 6.45) is 0. The molecule has 0 aliphatic carbocycles. The minimum absolute atomic E-state index is 0.194. The van der Waals surface area contributed by atoms with Gasteiger partial charge in [-0.2, -0.15) is 9.40 Å². The van der Waals surface area contributed by atoms with E-state index in [9.17, 15) is 13.2 Å². The minimum atomic E-state index is -3.48. The summed E-state index contributed by atoms with van der Waals surface area (Å²) in [7, 11) is -3.48. The Balaban J connectivity index is 1.43. The zero-order chi connectivity index (χ0) is 19.7. The molecule has 0 radical (unpaired) electrons. The molecule has 1 N–H and O–H groups in total. The van der Waals surface area contributed by atoms with Crippen LogP contribution in [0, 0.1) is 0 Å². The molecule has 0 saturated carbocycles. The van der Waals surface area contributed by atoms with Gasteiger partial charge in [0.05, 0.1) is 5.69 Å². The Bertz CT molecular complexity index is 1070. The Morgan fingerprint density at radius 2 is 1.82 bits per heavy atom. The number of carbonyl (C=O) groups is 1. The van der Waals surface area contributed by atoms with E-state index < -0.39 is 10.0 Å². The van der Waals surface area contributed by atoms with E-state index in [1.807, 2.05) is 12.1 Å². The highest BCUT2D eigenvalue weighted by Gasteiger charge is 2.31. The van der Waals surface area contributed by atoms with Crippen LogP contribution < -0.4 is 0 Å². The number of thiophene rings is 1. The Morgan fingerprint density at radius 1 is 1.11 bits per heavy atom. The number of halogens is 1. The molecule has 2 aromatic heterocycles. The molecule has 4 rings (SSSR count). The number of hydrogen-bond acceptors (Lipinski definition) is 5. The Hall–Kier alpha value is -2.20. The van der Waals surface area contributed by atoms with E-state index >= 15 is 0 Å². The maximum absolute atomic E-state index is 12.8. The number of H-pyrrole nitrogens is 1. The molecule has 3 aromatic rings. The van der Waals surface area contributed by atoms with Gasteiger partial charge < -0.3 is 4.90 Å². The standard InChI is InChI=1S/C18H17ClN4O3S2/c19-14-5-3-13(4-6-14)15-12-16(21-20-15)18(24)22-7-9-23(10-8-22)28(25,26)17-2-1-11-27-17/h1-6,11-12H,7-10H2,(H,20,21). The first-order valence-corrected chi connectivity index (χ1v) is 11.3. The topological polar surface area (TPSA) is 86.4 Å². The first-order valence-electron chi connectivity index (χ1n) is 8.59. The van der Waals surface area contributed by atoms with Gasteiger partial charge in [-0.1, -0.05) is 29.8 Å². The minimum Gasteiger partial charge on any atom is -0.335 e. The summed E-state index contributed by atoms with van der Waals surface area (Å²) in [6, 6.07) is 12.2. The SMILES string of the molecule is O=C(c1cc(-c2ccc(Cl)cc2)n[nH]1)N1CCN(S(=O)(=O)c2cccs2)CC1. The van der Waals surface area contributed by atoms with Crippen LogP contribution in [0.5, 0.6) is 0 Å². The number of rotatable bonds is 4. The van der Waals surface area contributed by atoms with Crippen LogP contribution in [0.15, 0.2) is 52.1 Å². The molecule has 1 aromatic carbocycles. The third kappa shape index (κ3) is 3.70. The lowest BCUT2D eigenvalue weighted by atomic mass is 10.1. The number of sulfonamides is 1. The van der Waals surface area contributed by atoms with Crippen molar-refractivity contribution in [3.63, 3.8) is 0 Å². The second kappa shape index (κ2) is 7.67. The molecule has 1 amide bonds. The van der Waals surface area contributed by atoms with Gasteiger partial charge >= 0.3 is 0 Å². The van der Waals surface area contributed by atoms with E-state index in [4.69, 9.17) is 11.6 Å². The van der Waals surface area contributed by atoms with Crippen molar-refractivity contribution < 1.29 is 13.2 Å². The van der Waals surface area contributed by atoms with E-state index in [1.165, 1.54) is 15.6 Å². The Labute approximate surface area is 171 Å². The van der Waals surface area contributed by atoms with Crippen LogP contribution in [0.2, 0.25) is 5.02 Å². The summed E-state index contributed by atoms with van der Waals surface area (Å²) >= 11 is 7.09. The summed E-state index contributed by atoms with van der Waals surface area (Å²) in [5.41, 5.74) is 1.88. The van der Waals surface area contributed by atoms with Gasteiger partial charge in [0.1, 0.15) is 9.90 Å². The van der Waals surface area contributed by atoms with Crippen LogP contribution in [0.4, 0.5) is 0 Å². The summed E-state index contributed by atoms with van der Waals surface area (Å²) < 4.78 is 26.9. The monoisotopic (exact) mass is 436 g/mol. The lowest BCUT2D eigenvalue weighted by Crippen LogP contribution is -2.50. The predicted molar refractivity (Wildman–Crippen MR) is 108 cm³/mol.